The van der Waals surface area contributed by atoms with E-state index in [1.165, 1.54) is 13.2 Å². The van der Waals surface area contributed by atoms with Crippen molar-refractivity contribution in [2.75, 3.05) is 13.7 Å². The van der Waals surface area contributed by atoms with Crippen LogP contribution in [0.4, 0.5) is 4.39 Å². The van der Waals surface area contributed by atoms with Gasteiger partial charge in [0.25, 0.3) is 0 Å². The largest absolute Gasteiger partial charge is 0.494 e. The zero-order chi connectivity index (χ0) is 11.4. The average Bonchev–Trinajstić information content (AvgIpc) is 2.24. The third-order valence-electron chi connectivity index (χ3n) is 2.07. The Kier molecular flexibility index (Phi) is 6.67. The van der Waals surface area contributed by atoms with Crippen molar-refractivity contribution in [3.05, 3.63) is 28.5 Å². The van der Waals surface area contributed by atoms with Crippen molar-refractivity contribution in [1.82, 2.24) is 0 Å². The summed E-state index contributed by atoms with van der Waals surface area (Å²) in [7, 11) is 1.38. The molecule has 92 valence electrons. The Balaban J connectivity index is 0.00000225. The molecule has 6 heteroatoms. The Morgan fingerprint density at radius 3 is 2.69 bits per heavy atom. The van der Waals surface area contributed by atoms with E-state index in [1.54, 1.807) is 6.07 Å². The van der Waals surface area contributed by atoms with Gasteiger partial charge in [-0.3, -0.25) is 0 Å². The molecular formula is C10H14Cl2FNO2. The molecule has 0 aliphatic heterocycles. The normalized spacial score (nSPS) is 11.8. The fourth-order valence-electron chi connectivity index (χ4n) is 1.25. The molecule has 1 unspecified atom stereocenters. The molecule has 3 nitrogen and oxygen atoms in total. The van der Waals surface area contributed by atoms with E-state index in [0.29, 0.717) is 0 Å². The number of benzene rings is 1. The van der Waals surface area contributed by atoms with Crippen molar-refractivity contribution < 1.29 is 14.2 Å². The molecule has 0 amide bonds. The average molecular weight is 270 g/mol. The summed E-state index contributed by atoms with van der Waals surface area (Å²) in [5, 5.41) is 9.07. The Labute approximate surface area is 105 Å². The van der Waals surface area contributed by atoms with Crippen molar-refractivity contribution in [3.63, 3.8) is 0 Å². The minimum absolute atomic E-state index is 0. The second-order valence-corrected chi connectivity index (χ2v) is 3.60. The van der Waals surface area contributed by atoms with Crippen LogP contribution >= 0.6 is 24.0 Å². The maximum atomic E-state index is 13.7. The van der Waals surface area contributed by atoms with Gasteiger partial charge in [-0.1, -0.05) is 11.6 Å². The predicted molar refractivity (Wildman–Crippen MR) is 64.0 cm³/mol. The van der Waals surface area contributed by atoms with Crippen molar-refractivity contribution in [2.24, 2.45) is 5.73 Å². The molecule has 1 aromatic carbocycles. The number of hydrogen-bond donors (Lipinski definition) is 2. The van der Waals surface area contributed by atoms with E-state index in [2.05, 4.69) is 0 Å². The zero-order valence-corrected chi connectivity index (χ0v) is 10.3. The molecule has 0 aromatic heterocycles. The second-order valence-electron chi connectivity index (χ2n) is 3.19. The van der Waals surface area contributed by atoms with E-state index < -0.39 is 11.9 Å². The van der Waals surface area contributed by atoms with Crippen LogP contribution in [0.15, 0.2) is 12.1 Å². The first kappa shape index (κ1) is 15.4. The van der Waals surface area contributed by atoms with Gasteiger partial charge in [-0.15, -0.1) is 12.4 Å². The smallest absolute Gasteiger partial charge is 0.169 e. The van der Waals surface area contributed by atoms with Gasteiger partial charge in [-0.05, 0) is 18.6 Å². The summed E-state index contributed by atoms with van der Waals surface area (Å²) >= 11 is 5.83. The predicted octanol–water partition coefficient (Wildman–Crippen LogP) is 1.77. The molecule has 0 radical (unpaired) electrons. The molecule has 0 fully saturated rings. The van der Waals surface area contributed by atoms with Crippen LogP contribution in [-0.2, 0) is 6.42 Å². The summed E-state index contributed by atoms with van der Waals surface area (Å²) in [6.07, 6.45) is 0.179. The van der Waals surface area contributed by atoms with Gasteiger partial charge >= 0.3 is 0 Å². The van der Waals surface area contributed by atoms with Crippen molar-refractivity contribution in [3.8, 4) is 5.75 Å². The first-order valence-electron chi connectivity index (χ1n) is 4.47. The highest BCUT2D eigenvalue weighted by atomic mass is 35.5. The minimum atomic E-state index is -0.524. The third-order valence-corrected chi connectivity index (χ3v) is 2.43. The number of aliphatic hydroxyl groups is 1. The molecule has 0 saturated carbocycles. The fourth-order valence-corrected chi connectivity index (χ4v) is 1.47. The number of nitrogens with two attached hydrogens (primary N) is 1. The molecule has 1 rings (SSSR count). The van der Waals surface area contributed by atoms with Gasteiger partial charge < -0.3 is 15.6 Å². The van der Waals surface area contributed by atoms with Crippen LogP contribution in [0.2, 0.25) is 5.02 Å². The van der Waals surface area contributed by atoms with Crippen LogP contribution in [0.3, 0.4) is 0 Å². The summed E-state index contributed by atoms with van der Waals surface area (Å²) < 4.78 is 18.5. The van der Waals surface area contributed by atoms with Gasteiger partial charge in [0.2, 0.25) is 0 Å². The topological polar surface area (TPSA) is 55.5 Å². The molecule has 16 heavy (non-hydrogen) atoms. The van der Waals surface area contributed by atoms with E-state index >= 15 is 0 Å². The Bertz CT molecular complexity index is 350. The Hall–Kier alpha value is -0.550. The molecule has 0 saturated heterocycles. The highest BCUT2D eigenvalue weighted by molar-refractivity contribution is 6.31. The van der Waals surface area contributed by atoms with E-state index in [-0.39, 0.29) is 41.8 Å². The van der Waals surface area contributed by atoms with Crippen LogP contribution in [0.5, 0.6) is 5.75 Å². The molecule has 3 N–H and O–H groups in total. The maximum absolute atomic E-state index is 13.7. The highest BCUT2D eigenvalue weighted by Crippen LogP contribution is 2.27. The zero-order valence-electron chi connectivity index (χ0n) is 8.74. The first-order valence-corrected chi connectivity index (χ1v) is 4.85. The van der Waals surface area contributed by atoms with Crippen molar-refractivity contribution >= 4 is 24.0 Å². The SMILES string of the molecule is COc1ccc(Cl)c(CC(N)CO)c1F.Cl. The van der Waals surface area contributed by atoms with E-state index in [9.17, 15) is 4.39 Å². The van der Waals surface area contributed by atoms with E-state index in [1.807, 2.05) is 0 Å². The molecule has 1 aromatic rings. The van der Waals surface area contributed by atoms with Crippen molar-refractivity contribution in [1.29, 1.82) is 0 Å². The lowest BCUT2D eigenvalue weighted by Crippen LogP contribution is -2.27. The van der Waals surface area contributed by atoms with Crippen LogP contribution in [-0.4, -0.2) is 24.9 Å². The van der Waals surface area contributed by atoms with Gasteiger partial charge in [-0.2, -0.15) is 0 Å². The van der Waals surface area contributed by atoms with Crippen LogP contribution in [0.25, 0.3) is 0 Å². The first-order chi connectivity index (χ1) is 7.10. The van der Waals surface area contributed by atoms with Crippen LogP contribution < -0.4 is 10.5 Å². The van der Waals surface area contributed by atoms with Gasteiger partial charge in [0.1, 0.15) is 0 Å². The van der Waals surface area contributed by atoms with Gasteiger partial charge in [0.05, 0.1) is 13.7 Å². The number of methoxy groups -OCH3 is 1. The maximum Gasteiger partial charge on any atom is 0.169 e. The van der Waals surface area contributed by atoms with E-state index in [0.717, 1.165) is 0 Å². The molecule has 0 heterocycles. The van der Waals surface area contributed by atoms with E-state index in [4.69, 9.17) is 27.2 Å². The lowest BCUT2D eigenvalue weighted by Gasteiger charge is -2.12. The van der Waals surface area contributed by atoms with Gasteiger partial charge in [-0.25, -0.2) is 4.39 Å². The van der Waals surface area contributed by atoms with Crippen molar-refractivity contribution in [2.45, 2.75) is 12.5 Å². The van der Waals surface area contributed by atoms with Crippen LogP contribution in [0.1, 0.15) is 5.56 Å². The molecule has 0 spiro atoms. The lowest BCUT2D eigenvalue weighted by molar-refractivity contribution is 0.264. The Morgan fingerprint density at radius 2 is 2.19 bits per heavy atom. The van der Waals surface area contributed by atoms with Gasteiger partial charge in [0, 0.05) is 16.6 Å². The standard InChI is InChI=1S/C10H13ClFNO2.ClH/c1-15-9-3-2-8(11)7(10(9)12)4-6(13)5-14;/h2-3,6,14H,4-5,13H2,1H3;1H. The molecular weight excluding hydrogens is 256 g/mol. The summed E-state index contributed by atoms with van der Waals surface area (Å²) in [6, 6.07) is 2.47. The minimum Gasteiger partial charge on any atom is -0.494 e. The number of rotatable bonds is 4. The molecule has 1 atom stereocenters. The number of ether oxygens (including phenoxy) is 1. The Morgan fingerprint density at radius 1 is 1.56 bits per heavy atom. The number of halogens is 3. The molecule has 0 aliphatic carbocycles. The molecule has 0 bridgehead atoms. The monoisotopic (exact) mass is 269 g/mol. The fraction of sp³-hybridized carbons (Fsp3) is 0.400. The van der Waals surface area contributed by atoms with Gasteiger partial charge in [0.15, 0.2) is 11.6 Å². The quantitative estimate of drug-likeness (QED) is 0.876. The summed E-state index contributed by atoms with van der Waals surface area (Å²) in [5.74, 6) is -0.395. The summed E-state index contributed by atoms with van der Waals surface area (Å²) in [6.45, 7) is -0.215. The number of aliphatic hydroxyl groups excluding tert-OH is 1. The highest BCUT2D eigenvalue weighted by Gasteiger charge is 2.15. The van der Waals surface area contributed by atoms with Crippen LogP contribution in [0, 0.1) is 5.82 Å². The third kappa shape index (κ3) is 3.49. The summed E-state index contributed by atoms with van der Waals surface area (Å²) in [5.41, 5.74) is 5.79. The number of hydrogen-bond acceptors (Lipinski definition) is 3. The summed E-state index contributed by atoms with van der Waals surface area (Å²) in [4.78, 5) is 0. The lowest BCUT2D eigenvalue weighted by atomic mass is 10.1. The second kappa shape index (κ2) is 6.91. The molecule has 0 aliphatic rings.